The van der Waals surface area contributed by atoms with Gasteiger partial charge in [0.15, 0.2) is 17.9 Å². The molecule has 382 valence electrons. The number of methoxy groups -OCH3 is 5. The van der Waals surface area contributed by atoms with E-state index >= 15 is 0 Å². The second-order valence-corrected chi connectivity index (χ2v) is 21.2. The van der Waals surface area contributed by atoms with E-state index < -0.39 is 83.4 Å². The number of aliphatic hydroxyl groups is 3. The minimum absolute atomic E-state index is 0.0182. The van der Waals surface area contributed by atoms with Crippen LogP contribution in [0.15, 0.2) is 0 Å². The molecule has 0 aliphatic carbocycles. The molecule has 7 fully saturated rings. The summed E-state index contributed by atoms with van der Waals surface area (Å²) in [6, 6.07) is 0. The number of carboxylic acid groups (broad SMARTS) is 1. The van der Waals surface area contributed by atoms with Gasteiger partial charge in [-0.05, 0) is 59.8 Å². The lowest BCUT2D eigenvalue weighted by atomic mass is 9.73. The molecule has 7 saturated heterocycles. The maximum Gasteiger partial charge on any atom is 0.338 e. The molecule has 7 aliphatic rings. The monoisotopic (exact) mass is 947 g/mol. The third kappa shape index (κ3) is 8.95. The van der Waals surface area contributed by atoms with Crippen LogP contribution in [0.2, 0.25) is 0 Å². The summed E-state index contributed by atoms with van der Waals surface area (Å²) >= 11 is 0. The molecule has 18 nitrogen and oxygen atoms in total. The van der Waals surface area contributed by atoms with Crippen molar-refractivity contribution < 1.29 is 86.8 Å². The van der Waals surface area contributed by atoms with E-state index in [1.165, 1.54) is 14.2 Å². The van der Waals surface area contributed by atoms with Crippen LogP contribution in [-0.4, -0.2) is 182 Å². The molecule has 0 bridgehead atoms. The quantitative estimate of drug-likeness (QED) is 0.194. The van der Waals surface area contributed by atoms with Crippen LogP contribution in [0.3, 0.4) is 0 Å². The number of hydrogen-bond donors (Lipinski definition) is 4. The van der Waals surface area contributed by atoms with Crippen molar-refractivity contribution in [3.63, 3.8) is 0 Å². The SMILES string of the molecule is CO[C@H]1C[C@@H](C[C@H]2O[C@@](O)([C@@H](O)C(=O)O)[C@H](C)[C@@H](OC)[C@]2(C)OC)O[C@]2(O[C@](C)([C@H]3CC[C@@H]([C@H]4CC[C@@H]([C@H]5O[C@@](C)(O)[C@H](C)[C@@H](O[C@@H]6CC[C@@H](OC)[C@H](C)O6)[C@@H]5C)O4)O3)[C@@H](OC)[C@@H]2C)[C@@H]1C. The van der Waals surface area contributed by atoms with E-state index in [9.17, 15) is 25.2 Å². The summed E-state index contributed by atoms with van der Waals surface area (Å²) in [5, 5.41) is 43.9. The van der Waals surface area contributed by atoms with Crippen molar-refractivity contribution >= 4 is 5.97 Å². The van der Waals surface area contributed by atoms with E-state index in [4.69, 9.17) is 61.6 Å². The van der Waals surface area contributed by atoms with Gasteiger partial charge in [-0.25, -0.2) is 4.79 Å². The van der Waals surface area contributed by atoms with Crippen LogP contribution in [0.25, 0.3) is 0 Å². The van der Waals surface area contributed by atoms with Gasteiger partial charge in [0, 0.05) is 84.4 Å². The standard InChI is InChI=1S/C48H82O18/c1-23-38(62-37-20-18-30(54-10)28(6)59-37)25(3)46(9,52)65-39(23)33-16-15-31(60-33)32-17-19-35(61-32)45(8)42(57-13)27(5)48(66-45)24(2)34(55-11)21-29(63-48)22-36-44(7,58-14)41(56-12)26(4)47(53,64-36)40(49)43(50)51/h23-42,49,52-53H,15-22H2,1-14H3,(H,50,51)/t23-,24+,25+,26+,27-,28-,29-,30+,31+,32-,33-,34-,35+,36+,37+,38-,39-,40-,41+,42-,44+,45+,46+,47+,48-/m0/s1. The summed E-state index contributed by atoms with van der Waals surface area (Å²) in [4.78, 5) is 12.1. The van der Waals surface area contributed by atoms with Crippen molar-refractivity contribution in [1.29, 1.82) is 0 Å². The lowest BCUT2D eigenvalue weighted by Crippen LogP contribution is -2.72. The molecule has 0 amide bonds. The Morgan fingerprint density at radius 3 is 1.94 bits per heavy atom. The predicted octanol–water partition coefficient (Wildman–Crippen LogP) is 3.94. The number of aliphatic hydroxyl groups excluding tert-OH is 1. The number of hydrogen-bond acceptors (Lipinski definition) is 17. The van der Waals surface area contributed by atoms with Crippen LogP contribution in [-0.2, 0) is 66.4 Å². The molecule has 7 heterocycles. The Labute approximate surface area is 391 Å². The van der Waals surface area contributed by atoms with Gasteiger partial charge in [-0.15, -0.1) is 0 Å². The summed E-state index contributed by atoms with van der Waals surface area (Å²) in [5.41, 5.74) is -2.16. The van der Waals surface area contributed by atoms with Gasteiger partial charge in [0.05, 0.1) is 79.4 Å². The second kappa shape index (κ2) is 19.8. The van der Waals surface area contributed by atoms with Crippen LogP contribution >= 0.6 is 0 Å². The summed E-state index contributed by atoms with van der Waals surface area (Å²) in [7, 11) is 7.98. The Kier molecular flexibility index (Phi) is 15.8. The first kappa shape index (κ1) is 52.6. The number of carbonyl (C=O) groups is 1. The Bertz CT molecular complexity index is 1660. The Morgan fingerprint density at radius 1 is 0.697 bits per heavy atom. The molecule has 1 spiro atoms. The summed E-state index contributed by atoms with van der Waals surface area (Å²) in [5.74, 6) is -8.80. The summed E-state index contributed by atoms with van der Waals surface area (Å²) < 4.78 is 83.8. The minimum Gasteiger partial charge on any atom is -0.479 e. The minimum atomic E-state index is -2.50. The highest BCUT2D eigenvalue weighted by atomic mass is 16.7. The van der Waals surface area contributed by atoms with E-state index in [0.29, 0.717) is 19.3 Å². The van der Waals surface area contributed by atoms with Gasteiger partial charge in [-0.2, -0.15) is 0 Å². The topological polar surface area (TPSA) is 218 Å². The first-order valence-corrected chi connectivity index (χ1v) is 24.4. The summed E-state index contributed by atoms with van der Waals surface area (Å²) in [6.45, 7) is 17.2. The third-order valence-corrected chi connectivity index (χ3v) is 17.6. The average molecular weight is 947 g/mol. The molecule has 7 rings (SSSR count). The van der Waals surface area contributed by atoms with Crippen LogP contribution in [0.1, 0.15) is 114 Å². The van der Waals surface area contributed by atoms with Gasteiger partial charge < -0.3 is 82.0 Å². The molecule has 7 aliphatic heterocycles. The Hall–Kier alpha value is -1.17. The van der Waals surface area contributed by atoms with Gasteiger partial charge in [-0.3, -0.25) is 0 Å². The lowest BCUT2D eigenvalue weighted by Gasteiger charge is -2.56. The predicted molar refractivity (Wildman–Crippen MR) is 234 cm³/mol. The second-order valence-electron chi connectivity index (χ2n) is 21.2. The van der Waals surface area contributed by atoms with Gasteiger partial charge in [0.25, 0.3) is 0 Å². The Balaban J connectivity index is 1.05. The summed E-state index contributed by atoms with van der Waals surface area (Å²) in [6.07, 6.45) is -2.92. The third-order valence-electron chi connectivity index (χ3n) is 17.6. The molecule has 18 heteroatoms. The highest BCUT2D eigenvalue weighted by Crippen LogP contribution is 2.57. The van der Waals surface area contributed by atoms with Gasteiger partial charge >= 0.3 is 5.97 Å². The molecule has 0 radical (unpaired) electrons. The molecule has 0 unspecified atom stereocenters. The molecule has 0 aromatic heterocycles. The number of rotatable bonds is 14. The van der Waals surface area contributed by atoms with Crippen molar-refractivity contribution in [2.45, 2.75) is 234 Å². The van der Waals surface area contributed by atoms with Crippen LogP contribution in [0.4, 0.5) is 0 Å². The first-order chi connectivity index (χ1) is 31.0. The van der Waals surface area contributed by atoms with Gasteiger partial charge in [0.2, 0.25) is 11.9 Å². The van der Waals surface area contributed by atoms with Crippen molar-refractivity contribution in [3.8, 4) is 0 Å². The van der Waals surface area contributed by atoms with E-state index in [1.807, 2.05) is 27.7 Å². The lowest BCUT2D eigenvalue weighted by molar-refractivity contribution is -0.389. The fourth-order valence-electron chi connectivity index (χ4n) is 13.3. The smallest absolute Gasteiger partial charge is 0.338 e. The molecule has 4 N–H and O–H groups in total. The van der Waals surface area contributed by atoms with Crippen LogP contribution in [0, 0.1) is 29.6 Å². The maximum atomic E-state index is 12.1. The molecule has 25 atom stereocenters. The fraction of sp³-hybridized carbons (Fsp3) is 0.979. The number of aliphatic carboxylic acids is 1. The molecular weight excluding hydrogens is 865 g/mol. The first-order valence-electron chi connectivity index (χ1n) is 24.4. The van der Waals surface area contributed by atoms with Crippen LogP contribution < -0.4 is 0 Å². The van der Waals surface area contributed by atoms with Crippen molar-refractivity contribution in [3.05, 3.63) is 0 Å². The average Bonchev–Trinajstić information content (AvgIpc) is 4.02. The molecule has 66 heavy (non-hydrogen) atoms. The van der Waals surface area contributed by atoms with E-state index in [0.717, 1.165) is 25.7 Å². The van der Waals surface area contributed by atoms with Gasteiger partial charge in [-0.1, -0.05) is 34.6 Å². The number of carboxylic acids is 1. The maximum absolute atomic E-state index is 12.1. The van der Waals surface area contributed by atoms with E-state index in [-0.39, 0.29) is 78.9 Å². The molecule has 0 aromatic carbocycles. The van der Waals surface area contributed by atoms with Crippen LogP contribution in [0.5, 0.6) is 0 Å². The Morgan fingerprint density at radius 2 is 1.33 bits per heavy atom. The number of ether oxygens (including phenoxy) is 13. The zero-order valence-electron chi connectivity index (χ0n) is 41.7. The van der Waals surface area contributed by atoms with Crippen molar-refractivity contribution in [2.75, 3.05) is 35.5 Å². The van der Waals surface area contributed by atoms with Gasteiger partial charge in [0.1, 0.15) is 11.2 Å². The largest absolute Gasteiger partial charge is 0.479 e. The highest BCUT2D eigenvalue weighted by molar-refractivity contribution is 5.73. The highest BCUT2D eigenvalue weighted by Gasteiger charge is 2.70. The molecule has 0 saturated carbocycles. The normalized spacial score (nSPS) is 53.9. The van der Waals surface area contributed by atoms with Crippen molar-refractivity contribution in [1.82, 2.24) is 0 Å². The van der Waals surface area contributed by atoms with Crippen molar-refractivity contribution in [2.24, 2.45) is 29.6 Å². The van der Waals surface area contributed by atoms with E-state index in [1.54, 1.807) is 42.1 Å². The molecule has 0 aromatic rings. The fourth-order valence-corrected chi connectivity index (χ4v) is 13.3. The molecular formula is C48H82O18. The zero-order valence-corrected chi connectivity index (χ0v) is 41.7. The van der Waals surface area contributed by atoms with E-state index in [2.05, 4.69) is 13.8 Å². The zero-order chi connectivity index (χ0) is 48.5.